The van der Waals surface area contributed by atoms with Crippen LogP contribution in [-0.4, -0.2) is 41.4 Å². The van der Waals surface area contributed by atoms with Gasteiger partial charge in [0.15, 0.2) is 5.11 Å². The van der Waals surface area contributed by atoms with Gasteiger partial charge in [0.05, 0.1) is 24.5 Å². The molecule has 0 radical (unpaired) electrons. The Labute approximate surface area is 220 Å². The molecule has 2 N–H and O–H groups in total. The van der Waals surface area contributed by atoms with Crippen LogP contribution in [0.2, 0.25) is 0 Å². The average Bonchev–Trinajstić information content (AvgIpc) is 3.54. The van der Waals surface area contributed by atoms with Crippen LogP contribution >= 0.6 is 12.2 Å². The third-order valence-electron chi connectivity index (χ3n) is 6.23. The zero-order chi connectivity index (χ0) is 25.8. The van der Waals surface area contributed by atoms with Gasteiger partial charge in [0, 0.05) is 36.6 Å². The molecule has 9 heteroatoms. The van der Waals surface area contributed by atoms with E-state index >= 15 is 0 Å². The van der Waals surface area contributed by atoms with E-state index in [-0.39, 0.29) is 24.6 Å². The highest BCUT2D eigenvalue weighted by atomic mass is 32.1. The van der Waals surface area contributed by atoms with E-state index in [0.29, 0.717) is 10.8 Å². The number of hydrogen-bond acceptors (Lipinski definition) is 5. The maximum atomic E-state index is 11.9. The molecular formula is C28H27N5O3S. The molecule has 1 amide bonds. The van der Waals surface area contributed by atoms with Gasteiger partial charge in [-0.25, -0.2) is 0 Å². The minimum absolute atomic E-state index is 0.00432. The number of rotatable bonds is 8. The molecule has 2 aromatic heterocycles. The molecule has 1 aliphatic heterocycles. The summed E-state index contributed by atoms with van der Waals surface area (Å²) in [4.78, 5) is 18.7. The van der Waals surface area contributed by atoms with Crippen LogP contribution in [-0.2, 0) is 9.53 Å². The Hall–Kier alpha value is -4.21. The zero-order valence-electron chi connectivity index (χ0n) is 20.5. The predicted molar refractivity (Wildman–Crippen MR) is 147 cm³/mol. The van der Waals surface area contributed by atoms with E-state index in [2.05, 4.69) is 31.2 Å². The Bertz CT molecular complexity index is 1390. The minimum Gasteiger partial charge on any atom is -0.495 e. The van der Waals surface area contributed by atoms with E-state index in [0.717, 1.165) is 28.5 Å². The fourth-order valence-electron chi connectivity index (χ4n) is 4.65. The van der Waals surface area contributed by atoms with Crippen molar-refractivity contribution in [3.8, 4) is 11.4 Å². The highest BCUT2D eigenvalue weighted by molar-refractivity contribution is 7.80. The molecule has 0 aliphatic carbocycles. The molecule has 37 heavy (non-hydrogen) atoms. The number of thiocarbonyl (C=S) groups is 1. The van der Waals surface area contributed by atoms with Crippen molar-refractivity contribution in [2.75, 3.05) is 31.0 Å². The number of para-hydroxylation sites is 2. The van der Waals surface area contributed by atoms with Gasteiger partial charge >= 0.3 is 0 Å². The van der Waals surface area contributed by atoms with Crippen molar-refractivity contribution < 1.29 is 14.3 Å². The number of benzene rings is 2. The zero-order valence-corrected chi connectivity index (χ0v) is 21.3. The fourth-order valence-corrected chi connectivity index (χ4v) is 5.00. The number of ether oxygens (including phenoxy) is 2. The second-order valence-corrected chi connectivity index (χ2v) is 8.89. The molecule has 0 spiro atoms. The van der Waals surface area contributed by atoms with Gasteiger partial charge in [-0.1, -0.05) is 18.2 Å². The monoisotopic (exact) mass is 513 g/mol. The quantitative estimate of drug-likeness (QED) is 0.332. The van der Waals surface area contributed by atoms with Crippen LogP contribution in [0.4, 0.5) is 11.4 Å². The Morgan fingerprint density at radius 3 is 2.54 bits per heavy atom. The number of hydrogen-bond donors (Lipinski definition) is 2. The summed E-state index contributed by atoms with van der Waals surface area (Å²) >= 11 is 5.86. The van der Waals surface area contributed by atoms with Crippen molar-refractivity contribution in [2.24, 2.45) is 0 Å². The van der Waals surface area contributed by atoms with Crippen molar-refractivity contribution >= 4 is 34.6 Å². The van der Waals surface area contributed by atoms with Crippen LogP contribution in [0.5, 0.6) is 5.75 Å². The number of anilines is 2. The number of methoxy groups -OCH3 is 2. The Balaban J connectivity index is 1.58. The van der Waals surface area contributed by atoms with E-state index in [1.807, 2.05) is 79.0 Å². The summed E-state index contributed by atoms with van der Waals surface area (Å²) in [7, 11) is 3.16. The number of carbonyl (C=O) groups excluding carboxylic acids is 1. The van der Waals surface area contributed by atoms with Gasteiger partial charge in [0.2, 0.25) is 5.91 Å². The third kappa shape index (κ3) is 4.91. The SMILES string of the molecule is COCC(=O)Nc1ccc(N2C(=S)N[C@H](c3ccccn3)[C@H]2c2cccn2-c2ccccc2OC)cc1. The largest absolute Gasteiger partial charge is 0.495 e. The first kappa shape index (κ1) is 24.5. The van der Waals surface area contributed by atoms with Gasteiger partial charge in [0.25, 0.3) is 0 Å². The minimum atomic E-state index is -0.212. The highest BCUT2D eigenvalue weighted by Crippen LogP contribution is 2.43. The molecule has 8 nitrogen and oxygen atoms in total. The lowest BCUT2D eigenvalue weighted by Gasteiger charge is -2.29. The van der Waals surface area contributed by atoms with E-state index in [1.54, 1.807) is 13.3 Å². The van der Waals surface area contributed by atoms with Crippen LogP contribution in [0.25, 0.3) is 5.69 Å². The number of aromatic nitrogens is 2. The van der Waals surface area contributed by atoms with Crippen molar-refractivity contribution in [2.45, 2.75) is 12.1 Å². The molecule has 0 saturated carbocycles. The molecule has 2 atom stereocenters. The standard InChI is InChI=1S/C28H27N5O3S/c1-35-18-25(34)30-19-12-14-20(15-13-19)33-27(26(31-28(33)37)21-8-5-6-16-29-21)23-10-7-17-32(23)22-9-3-4-11-24(22)36-2/h3-17,26-27H,18H2,1-2H3,(H,30,34)(H,31,37)/t26-,27-/m1/s1. The molecule has 4 aromatic rings. The van der Waals surface area contributed by atoms with Crippen molar-refractivity contribution in [1.82, 2.24) is 14.9 Å². The fraction of sp³-hybridized carbons (Fsp3) is 0.179. The van der Waals surface area contributed by atoms with Crippen molar-refractivity contribution in [1.29, 1.82) is 0 Å². The third-order valence-corrected chi connectivity index (χ3v) is 6.55. The van der Waals surface area contributed by atoms with Gasteiger partial charge in [-0.05, 0) is 72.9 Å². The summed E-state index contributed by atoms with van der Waals surface area (Å²) in [6, 6.07) is 25.1. The van der Waals surface area contributed by atoms with E-state index < -0.39 is 0 Å². The molecule has 1 aliphatic rings. The number of carbonyl (C=O) groups is 1. The molecule has 3 heterocycles. The summed E-state index contributed by atoms with van der Waals surface area (Å²) in [5, 5.41) is 6.91. The van der Waals surface area contributed by atoms with Gasteiger partial charge in [-0.3, -0.25) is 9.78 Å². The molecule has 2 aromatic carbocycles. The van der Waals surface area contributed by atoms with Crippen LogP contribution in [0.15, 0.2) is 91.3 Å². The maximum Gasteiger partial charge on any atom is 0.250 e. The molecule has 1 fully saturated rings. The number of amides is 1. The van der Waals surface area contributed by atoms with Crippen LogP contribution in [0.3, 0.4) is 0 Å². The first-order valence-corrected chi connectivity index (χ1v) is 12.2. The first-order valence-electron chi connectivity index (χ1n) is 11.8. The summed E-state index contributed by atoms with van der Waals surface area (Å²) in [5.41, 5.74) is 4.40. The molecule has 1 saturated heterocycles. The number of nitrogens with zero attached hydrogens (tertiary/aromatic N) is 3. The lowest BCUT2D eigenvalue weighted by Crippen LogP contribution is -2.30. The maximum absolute atomic E-state index is 11.9. The normalized spacial score (nSPS) is 16.9. The van der Waals surface area contributed by atoms with Crippen molar-refractivity contribution in [3.63, 3.8) is 0 Å². The van der Waals surface area contributed by atoms with E-state index in [4.69, 9.17) is 21.7 Å². The van der Waals surface area contributed by atoms with E-state index in [1.165, 1.54) is 7.11 Å². The molecular weight excluding hydrogens is 486 g/mol. The Morgan fingerprint density at radius 1 is 1.03 bits per heavy atom. The summed E-state index contributed by atoms with van der Waals surface area (Å²) in [6.07, 6.45) is 3.81. The topological polar surface area (TPSA) is 80.7 Å². The molecule has 0 bridgehead atoms. The van der Waals surface area contributed by atoms with Gasteiger partial charge in [-0.15, -0.1) is 0 Å². The van der Waals surface area contributed by atoms with E-state index in [9.17, 15) is 4.79 Å². The summed E-state index contributed by atoms with van der Waals surface area (Å²) in [6.45, 7) is -0.00432. The summed E-state index contributed by atoms with van der Waals surface area (Å²) in [5.74, 6) is 0.557. The molecule has 5 rings (SSSR count). The van der Waals surface area contributed by atoms with Crippen molar-refractivity contribution in [3.05, 3.63) is 103 Å². The van der Waals surface area contributed by atoms with Gasteiger partial charge in [-0.2, -0.15) is 0 Å². The smallest absolute Gasteiger partial charge is 0.250 e. The first-order chi connectivity index (χ1) is 18.1. The molecule has 188 valence electrons. The molecule has 0 unspecified atom stereocenters. The Morgan fingerprint density at radius 2 is 1.81 bits per heavy atom. The number of nitrogens with one attached hydrogen (secondary N) is 2. The van der Waals surface area contributed by atoms with Gasteiger partial charge < -0.3 is 29.6 Å². The van der Waals surface area contributed by atoms with Gasteiger partial charge in [0.1, 0.15) is 18.4 Å². The second kappa shape index (κ2) is 10.8. The Kier molecular flexibility index (Phi) is 7.16. The van der Waals surface area contributed by atoms with Crippen LogP contribution < -0.4 is 20.3 Å². The lowest BCUT2D eigenvalue weighted by atomic mass is 10.0. The second-order valence-electron chi connectivity index (χ2n) is 8.50. The average molecular weight is 514 g/mol. The number of pyridine rings is 1. The lowest BCUT2D eigenvalue weighted by molar-refractivity contribution is -0.119. The summed E-state index contributed by atoms with van der Waals surface area (Å²) < 4.78 is 12.7. The predicted octanol–water partition coefficient (Wildman–Crippen LogP) is 4.64. The van der Waals surface area contributed by atoms with Crippen LogP contribution in [0, 0.1) is 0 Å². The van der Waals surface area contributed by atoms with Crippen LogP contribution in [0.1, 0.15) is 23.5 Å². The highest BCUT2D eigenvalue weighted by Gasteiger charge is 2.42.